The number of carbonyl (C=O) groups is 1. The van der Waals surface area contributed by atoms with E-state index in [4.69, 9.17) is 4.98 Å². The molecule has 0 saturated heterocycles. The molecule has 1 aromatic heterocycles. The lowest BCUT2D eigenvalue weighted by atomic mass is 10.1. The zero-order valence-corrected chi connectivity index (χ0v) is 21.1. The molecule has 0 fully saturated rings. The second kappa shape index (κ2) is 11.2. The molecule has 0 saturated carbocycles. The van der Waals surface area contributed by atoms with Crippen molar-refractivity contribution in [1.82, 2.24) is 14.5 Å². The van der Waals surface area contributed by atoms with E-state index in [9.17, 15) is 14.0 Å². The van der Waals surface area contributed by atoms with E-state index < -0.39 is 11.9 Å². The van der Waals surface area contributed by atoms with Crippen molar-refractivity contribution < 1.29 is 9.18 Å². The van der Waals surface area contributed by atoms with Crippen molar-refractivity contribution in [2.45, 2.75) is 25.8 Å². The number of fused-ring (bicyclic) bond motifs is 1. The lowest BCUT2D eigenvalue weighted by molar-refractivity contribution is 0.0661. The third kappa shape index (κ3) is 5.11. The normalized spacial score (nSPS) is 11.8. The van der Waals surface area contributed by atoms with E-state index in [1.807, 2.05) is 85.8 Å². The third-order valence-corrected chi connectivity index (χ3v) is 6.69. The summed E-state index contributed by atoms with van der Waals surface area (Å²) in [5.41, 5.74) is 2.37. The zero-order valence-electron chi connectivity index (χ0n) is 21.1. The van der Waals surface area contributed by atoms with E-state index in [1.165, 1.54) is 18.2 Å². The number of hydrogen-bond acceptors (Lipinski definition) is 3. The van der Waals surface area contributed by atoms with Gasteiger partial charge in [-0.15, -0.1) is 0 Å². The predicted octanol–water partition coefficient (Wildman–Crippen LogP) is 6.36. The molecule has 5 aromatic rings. The number of para-hydroxylation sites is 2. The first-order valence-electron chi connectivity index (χ1n) is 12.7. The van der Waals surface area contributed by atoms with Crippen LogP contribution in [0.25, 0.3) is 16.6 Å². The summed E-state index contributed by atoms with van der Waals surface area (Å²) in [6.45, 7) is 2.34. The Balaban J connectivity index is 1.68. The number of amides is 1. The number of rotatable bonds is 8. The summed E-state index contributed by atoms with van der Waals surface area (Å²) < 4.78 is 15.7. The van der Waals surface area contributed by atoms with Crippen LogP contribution in [0.5, 0.6) is 0 Å². The summed E-state index contributed by atoms with van der Waals surface area (Å²) in [5.74, 6) is -0.313. The molecule has 1 amide bonds. The van der Waals surface area contributed by atoms with Gasteiger partial charge in [-0.2, -0.15) is 0 Å². The van der Waals surface area contributed by atoms with Crippen molar-refractivity contribution in [3.05, 3.63) is 142 Å². The van der Waals surface area contributed by atoms with Gasteiger partial charge in [0.25, 0.3) is 11.5 Å². The lowest BCUT2D eigenvalue weighted by Crippen LogP contribution is -2.39. The Morgan fingerprint density at radius 2 is 1.58 bits per heavy atom. The van der Waals surface area contributed by atoms with Crippen LogP contribution in [0.1, 0.15) is 41.1 Å². The summed E-state index contributed by atoms with van der Waals surface area (Å²) in [7, 11) is 0. The van der Waals surface area contributed by atoms with E-state index >= 15 is 0 Å². The summed E-state index contributed by atoms with van der Waals surface area (Å²) in [6, 6.07) is 31.7. The standard InChI is InChI=1S/C32H28FN3O2/c1-2-29(30-34-28-19-10-9-18-27(28)32(38)36(30)26-16-7-4-8-17-26)35(21-20-23-12-5-3-6-13-23)31(37)24-14-11-15-25(33)22-24/h3-19,22,29H,2,20-21H2,1H3. The number of hydrogen-bond donors (Lipinski definition) is 0. The molecule has 1 heterocycles. The Bertz CT molecular complexity index is 1620. The second-order valence-electron chi connectivity index (χ2n) is 9.13. The van der Waals surface area contributed by atoms with Gasteiger partial charge in [0.05, 0.1) is 22.6 Å². The molecule has 0 aliphatic carbocycles. The summed E-state index contributed by atoms with van der Waals surface area (Å²) in [4.78, 5) is 34.4. The maximum atomic E-state index is 14.1. The molecule has 4 aromatic carbocycles. The molecule has 0 bridgehead atoms. The van der Waals surface area contributed by atoms with E-state index in [-0.39, 0.29) is 17.0 Å². The van der Waals surface area contributed by atoms with Gasteiger partial charge in [0.15, 0.2) is 0 Å². The molecule has 5 nitrogen and oxygen atoms in total. The monoisotopic (exact) mass is 505 g/mol. The Labute approximate surface area is 220 Å². The highest BCUT2D eigenvalue weighted by atomic mass is 19.1. The van der Waals surface area contributed by atoms with Gasteiger partial charge in [-0.05, 0) is 60.9 Å². The van der Waals surface area contributed by atoms with Crippen molar-refractivity contribution in [2.24, 2.45) is 0 Å². The van der Waals surface area contributed by atoms with Crippen LogP contribution in [0.3, 0.4) is 0 Å². The van der Waals surface area contributed by atoms with Crippen LogP contribution >= 0.6 is 0 Å². The van der Waals surface area contributed by atoms with Crippen LogP contribution in [0.2, 0.25) is 0 Å². The highest BCUT2D eigenvalue weighted by molar-refractivity contribution is 5.94. The van der Waals surface area contributed by atoms with E-state index in [2.05, 4.69) is 0 Å². The maximum absolute atomic E-state index is 14.1. The number of aromatic nitrogens is 2. The summed E-state index contributed by atoms with van der Waals surface area (Å²) in [6.07, 6.45) is 1.11. The molecular weight excluding hydrogens is 477 g/mol. The number of halogens is 1. The Morgan fingerprint density at radius 1 is 0.895 bits per heavy atom. The van der Waals surface area contributed by atoms with Crippen molar-refractivity contribution in [3.8, 4) is 5.69 Å². The molecule has 1 unspecified atom stereocenters. The van der Waals surface area contributed by atoms with Crippen LogP contribution < -0.4 is 5.56 Å². The smallest absolute Gasteiger partial charge is 0.266 e. The lowest BCUT2D eigenvalue weighted by Gasteiger charge is -2.32. The molecule has 0 aliphatic heterocycles. The van der Waals surface area contributed by atoms with Crippen molar-refractivity contribution >= 4 is 16.8 Å². The Kier molecular flexibility index (Phi) is 7.40. The van der Waals surface area contributed by atoms with Crippen LogP contribution in [0.15, 0.2) is 114 Å². The van der Waals surface area contributed by atoms with Crippen LogP contribution in [0.4, 0.5) is 4.39 Å². The van der Waals surface area contributed by atoms with Crippen LogP contribution in [0, 0.1) is 5.82 Å². The quantitative estimate of drug-likeness (QED) is 0.247. The number of benzene rings is 4. The zero-order chi connectivity index (χ0) is 26.5. The molecule has 0 aliphatic rings. The molecule has 0 radical (unpaired) electrons. The van der Waals surface area contributed by atoms with Gasteiger partial charge >= 0.3 is 0 Å². The Hall–Kier alpha value is -4.58. The third-order valence-electron chi connectivity index (χ3n) is 6.69. The average molecular weight is 506 g/mol. The van der Waals surface area contributed by atoms with E-state index in [1.54, 1.807) is 21.6 Å². The molecule has 1 atom stereocenters. The second-order valence-corrected chi connectivity index (χ2v) is 9.13. The van der Waals surface area contributed by atoms with E-state index in [0.29, 0.717) is 41.8 Å². The Morgan fingerprint density at radius 3 is 2.29 bits per heavy atom. The van der Waals surface area contributed by atoms with Crippen molar-refractivity contribution in [3.63, 3.8) is 0 Å². The SMILES string of the molecule is CCC(c1nc2ccccc2c(=O)n1-c1ccccc1)N(CCc1ccccc1)C(=O)c1cccc(F)c1. The fourth-order valence-corrected chi connectivity index (χ4v) is 4.82. The first-order valence-corrected chi connectivity index (χ1v) is 12.7. The van der Waals surface area contributed by atoms with Gasteiger partial charge in [0.2, 0.25) is 0 Å². The molecule has 6 heteroatoms. The molecule has 0 spiro atoms. The average Bonchev–Trinajstić information content (AvgIpc) is 2.96. The van der Waals surface area contributed by atoms with Gasteiger partial charge in [0.1, 0.15) is 11.6 Å². The fraction of sp³-hybridized carbons (Fsp3) is 0.156. The summed E-state index contributed by atoms with van der Waals surface area (Å²) >= 11 is 0. The number of carbonyl (C=O) groups excluding carboxylic acids is 1. The van der Waals surface area contributed by atoms with Crippen molar-refractivity contribution in [1.29, 1.82) is 0 Å². The molecular formula is C32H28FN3O2. The minimum absolute atomic E-state index is 0.198. The minimum Gasteiger partial charge on any atom is -0.328 e. The number of nitrogens with zero attached hydrogens (tertiary/aromatic N) is 3. The molecule has 0 N–H and O–H groups in total. The first kappa shape index (κ1) is 25.1. The summed E-state index contributed by atoms with van der Waals surface area (Å²) in [5, 5.41) is 0.502. The topological polar surface area (TPSA) is 55.2 Å². The van der Waals surface area contributed by atoms with Gasteiger partial charge in [0, 0.05) is 12.1 Å². The molecule has 5 rings (SSSR count). The largest absolute Gasteiger partial charge is 0.328 e. The predicted molar refractivity (Wildman–Crippen MR) is 148 cm³/mol. The minimum atomic E-state index is -0.535. The van der Waals surface area contributed by atoms with Gasteiger partial charge < -0.3 is 4.90 Å². The van der Waals surface area contributed by atoms with Crippen LogP contribution in [-0.2, 0) is 6.42 Å². The highest BCUT2D eigenvalue weighted by Crippen LogP contribution is 2.28. The molecule has 38 heavy (non-hydrogen) atoms. The first-order chi connectivity index (χ1) is 18.6. The fourth-order valence-electron chi connectivity index (χ4n) is 4.82. The van der Waals surface area contributed by atoms with Gasteiger partial charge in [-0.25, -0.2) is 9.37 Å². The maximum Gasteiger partial charge on any atom is 0.266 e. The molecule has 190 valence electrons. The highest BCUT2D eigenvalue weighted by Gasteiger charge is 2.30. The van der Waals surface area contributed by atoms with Gasteiger partial charge in [-0.3, -0.25) is 14.2 Å². The van der Waals surface area contributed by atoms with Crippen LogP contribution in [-0.4, -0.2) is 26.9 Å². The van der Waals surface area contributed by atoms with E-state index in [0.717, 1.165) is 5.56 Å². The van der Waals surface area contributed by atoms with Crippen molar-refractivity contribution in [2.75, 3.05) is 6.54 Å². The van der Waals surface area contributed by atoms with Gasteiger partial charge in [-0.1, -0.05) is 73.7 Å².